The molecule has 5 nitrogen and oxygen atoms in total. The molecule has 1 amide bonds. The van der Waals surface area contributed by atoms with Crippen molar-refractivity contribution >= 4 is 28.6 Å². The molecule has 0 unspecified atom stereocenters. The number of nitrogens with two attached hydrogens (primary N) is 1. The van der Waals surface area contributed by atoms with Gasteiger partial charge >= 0.3 is 0 Å². The van der Waals surface area contributed by atoms with Gasteiger partial charge in [-0.15, -0.1) is 11.3 Å². The molecular weight excluding hydrogens is 334 g/mol. The molecule has 0 atom stereocenters. The van der Waals surface area contributed by atoms with E-state index in [1.165, 1.54) is 11.3 Å². The first-order valence-electron chi connectivity index (χ1n) is 7.95. The van der Waals surface area contributed by atoms with E-state index in [1.807, 2.05) is 66.8 Å². The van der Waals surface area contributed by atoms with Gasteiger partial charge in [0.1, 0.15) is 5.76 Å². The Bertz CT molecular complexity index is 826. The van der Waals surface area contributed by atoms with Crippen LogP contribution in [-0.4, -0.2) is 24.9 Å². The van der Waals surface area contributed by atoms with E-state index >= 15 is 0 Å². The van der Waals surface area contributed by atoms with Crippen LogP contribution in [0.2, 0.25) is 0 Å². The van der Waals surface area contributed by atoms with Gasteiger partial charge in [0.05, 0.1) is 17.7 Å². The Morgan fingerprint density at radius 1 is 1.16 bits per heavy atom. The lowest BCUT2D eigenvalue weighted by Gasteiger charge is -2.25. The van der Waals surface area contributed by atoms with E-state index in [-0.39, 0.29) is 5.91 Å². The molecule has 0 aliphatic rings. The van der Waals surface area contributed by atoms with Crippen LogP contribution in [0.15, 0.2) is 58.5 Å². The fourth-order valence-electron chi connectivity index (χ4n) is 2.72. The molecular formula is C19H21N3O2S. The molecule has 3 rings (SSSR count). The first-order chi connectivity index (χ1) is 12.0. The van der Waals surface area contributed by atoms with Gasteiger partial charge in [-0.2, -0.15) is 0 Å². The predicted octanol–water partition coefficient (Wildman–Crippen LogP) is 3.83. The third kappa shape index (κ3) is 4.03. The average molecular weight is 355 g/mol. The largest absolute Gasteiger partial charge is 0.467 e. The SMILES string of the molecule is CN(C)c1ccc(N)cc1CN(Cc1ccco1)C(=O)c1cccs1. The van der Waals surface area contributed by atoms with Crippen LogP contribution in [0.3, 0.4) is 0 Å². The minimum atomic E-state index is -0.0152. The van der Waals surface area contributed by atoms with Gasteiger partial charge in [-0.1, -0.05) is 6.07 Å². The number of thiophene rings is 1. The van der Waals surface area contributed by atoms with Crippen LogP contribution >= 0.6 is 11.3 Å². The van der Waals surface area contributed by atoms with Gasteiger partial charge in [0.2, 0.25) is 0 Å². The van der Waals surface area contributed by atoms with Crippen molar-refractivity contribution in [3.63, 3.8) is 0 Å². The number of carbonyl (C=O) groups is 1. The van der Waals surface area contributed by atoms with Crippen LogP contribution in [0, 0.1) is 0 Å². The number of hydrogen-bond acceptors (Lipinski definition) is 5. The minimum Gasteiger partial charge on any atom is -0.467 e. The number of furan rings is 1. The molecule has 130 valence electrons. The molecule has 25 heavy (non-hydrogen) atoms. The Kier molecular flexibility index (Phi) is 5.09. The zero-order chi connectivity index (χ0) is 17.8. The van der Waals surface area contributed by atoms with Crippen molar-refractivity contribution in [1.29, 1.82) is 0 Å². The highest BCUT2D eigenvalue weighted by Gasteiger charge is 2.20. The summed E-state index contributed by atoms with van der Waals surface area (Å²) in [6.45, 7) is 0.862. The third-order valence-corrected chi connectivity index (χ3v) is 4.75. The lowest BCUT2D eigenvalue weighted by atomic mass is 10.1. The van der Waals surface area contributed by atoms with Crippen molar-refractivity contribution in [2.75, 3.05) is 24.7 Å². The molecule has 6 heteroatoms. The number of nitrogens with zero attached hydrogens (tertiary/aromatic N) is 2. The Morgan fingerprint density at radius 3 is 2.64 bits per heavy atom. The zero-order valence-electron chi connectivity index (χ0n) is 14.3. The van der Waals surface area contributed by atoms with Gasteiger partial charge < -0.3 is 20.0 Å². The maximum absolute atomic E-state index is 13.0. The number of benzene rings is 1. The standard InChI is InChI=1S/C19H21N3O2S/c1-21(2)17-8-7-15(20)11-14(17)12-22(13-16-5-3-9-24-16)19(23)18-6-4-10-25-18/h3-11H,12-13,20H2,1-2H3. The number of anilines is 2. The monoisotopic (exact) mass is 355 g/mol. The molecule has 2 aromatic heterocycles. The highest BCUT2D eigenvalue weighted by Crippen LogP contribution is 2.25. The number of rotatable bonds is 6. The lowest BCUT2D eigenvalue weighted by molar-refractivity contribution is 0.0723. The van der Waals surface area contributed by atoms with Gasteiger partial charge in [-0.25, -0.2) is 0 Å². The van der Waals surface area contributed by atoms with E-state index < -0.39 is 0 Å². The van der Waals surface area contributed by atoms with Gasteiger partial charge in [0, 0.05) is 32.0 Å². The van der Waals surface area contributed by atoms with Crippen molar-refractivity contribution in [3.8, 4) is 0 Å². The summed E-state index contributed by atoms with van der Waals surface area (Å²) in [4.78, 5) is 17.5. The Morgan fingerprint density at radius 2 is 2.00 bits per heavy atom. The van der Waals surface area contributed by atoms with E-state index in [0.29, 0.717) is 23.7 Å². The van der Waals surface area contributed by atoms with Crippen molar-refractivity contribution in [1.82, 2.24) is 4.90 Å². The molecule has 2 N–H and O–H groups in total. The summed E-state index contributed by atoms with van der Waals surface area (Å²) in [5, 5.41) is 1.91. The smallest absolute Gasteiger partial charge is 0.264 e. The Balaban J connectivity index is 1.92. The average Bonchev–Trinajstić information content (AvgIpc) is 3.27. The maximum atomic E-state index is 13.0. The molecule has 0 saturated carbocycles. The lowest BCUT2D eigenvalue weighted by Crippen LogP contribution is -2.30. The van der Waals surface area contributed by atoms with Crippen LogP contribution < -0.4 is 10.6 Å². The highest BCUT2D eigenvalue weighted by atomic mass is 32.1. The fraction of sp³-hybridized carbons (Fsp3) is 0.211. The second-order valence-electron chi connectivity index (χ2n) is 6.00. The summed E-state index contributed by atoms with van der Waals surface area (Å²) < 4.78 is 5.45. The first kappa shape index (κ1) is 17.1. The normalized spacial score (nSPS) is 10.6. The molecule has 0 aliphatic heterocycles. The molecule has 0 radical (unpaired) electrons. The summed E-state index contributed by atoms with van der Waals surface area (Å²) in [5.41, 5.74) is 8.70. The topological polar surface area (TPSA) is 62.7 Å². The molecule has 2 heterocycles. The summed E-state index contributed by atoms with van der Waals surface area (Å²) in [6, 6.07) is 13.2. The first-order valence-corrected chi connectivity index (χ1v) is 8.83. The fourth-order valence-corrected chi connectivity index (χ4v) is 3.41. The van der Waals surface area contributed by atoms with E-state index in [1.54, 1.807) is 11.2 Å². The Labute approximate surface area is 151 Å². The second-order valence-corrected chi connectivity index (χ2v) is 6.95. The molecule has 0 saturated heterocycles. The Hall–Kier alpha value is -2.73. The number of amides is 1. The summed E-state index contributed by atoms with van der Waals surface area (Å²) in [5.74, 6) is 0.735. The van der Waals surface area contributed by atoms with E-state index in [4.69, 9.17) is 10.2 Å². The van der Waals surface area contributed by atoms with Crippen molar-refractivity contribution in [3.05, 3.63) is 70.3 Å². The van der Waals surface area contributed by atoms with Crippen molar-refractivity contribution < 1.29 is 9.21 Å². The molecule has 0 aliphatic carbocycles. The van der Waals surface area contributed by atoms with E-state index in [2.05, 4.69) is 0 Å². The van der Waals surface area contributed by atoms with Crippen LogP contribution in [0.4, 0.5) is 11.4 Å². The number of hydrogen-bond donors (Lipinski definition) is 1. The highest BCUT2D eigenvalue weighted by molar-refractivity contribution is 7.12. The molecule has 1 aromatic carbocycles. The predicted molar refractivity (Wildman–Crippen MR) is 102 cm³/mol. The van der Waals surface area contributed by atoms with Crippen molar-refractivity contribution in [2.45, 2.75) is 13.1 Å². The summed E-state index contributed by atoms with van der Waals surface area (Å²) >= 11 is 1.44. The van der Waals surface area contributed by atoms with Crippen molar-refractivity contribution in [2.24, 2.45) is 0 Å². The molecule has 0 spiro atoms. The summed E-state index contributed by atoms with van der Waals surface area (Å²) in [7, 11) is 3.96. The van der Waals surface area contributed by atoms with Crippen LogP contribution in [0.25, 0.3) is 0 Å². The molecule has 0 bridgehead atoms. The van der Waals surface area contributed by atoms with Crippen LogP contribution in [0.5, 0.6) is 0 Å². The summed E-state index contributed by atoms with van der Waals surface area (Å²) in [6.07, 6.45) is 1.62. The van der Waals surface area contributed by atoms with Gasteiger partial charge in [-0.3, -0.25) is 4.79 Å². The molecule has 3 aromatic rings. The minimum absolute atomic E-state index is 0.0152. The van der Waals surface area contributed by atoms with E-state index in [0.717, 1.165) is 17.0 Å². The second kappa shape index (κ2) is 7.44. The van der Waals surface area contributed by atoms with Gasteiger partial charge in [0.15, 0.2) is 0 Å². The zero-order valence-corrected chi connectivity index (χ0v) is 15.1. The van der Waals surface area contributed by atoms with Crippen LogP contribution in [-0.2, 0) is 13.1 Å². The molecule has 0 fully saturated rings. The van der Waals surface area contributed by atoms with Gasteiger partial charge in [-0.05, 0) is 47.3 Å². The third-order valence-electron chi connectivity index (χ3n) is 3.89. The number of nitrogen functional groups attached to an aromatic ring is 1. The number of carbonyl (C=O) groups excluding carboxylic acids is 1. The maximum Gasteiger partial charge on any atom is 0.264 e. The van der Waals surface area contributed by atoms with E-state index in [9.17, 15) is 4.79 Å². The quantitative estimate of drug-likeness (QED) is 0.683. The van der Waals surface area contributed by atoms with Gasteiger partial charge in [0.25, 0.3) is 5.91 Å². The van der Waals surface area contributed by atoms with Crippen LogP contribution in [0.1, 0.15) is 21.0 Å².